The summed E-state index contributed by atoms with van der Waals surface area (Å²) in [6.07, 6.45) is 3.32. The molecule has 0 saturated carbocycles. The van der Waals surface area contributed by atoms with Crippen molar-refractivity contribution in [3.63, 3.8) is 0 Å². The van der Waals surface area contributed by atoms with E-state index in [1.807, 2.05) is 30.5 Å². The molecule has 4 aromatic rings. The van der Waals surface area contributed by atoms with Gasteiger partial charge in [-0.1, -0.05) is 41.0 Å². The molecule has 0 aliphatic rings. The van der Waals surface area contributed by atoms with E-state index < -0.39 is 0 Å². The molecule has 2 aromatic heterocycles. The van der Waals surface area contributed by atoms with E-state index in [2.05, 4.69) is 20.3 Å². The molecular weight excluding hydrogens is 479 g/mol. The number of benzene rings is 2. The number of rotatable bonds is 6. The zero-order chi connectivity index (χ0) is 21.1. The van der Waals surface area contributed by atoms with E-state index in [9.17, 15) is 4.79 Å². The van der Waals surface area contributed by atoms with Gasteiger partial charge >= 0.3 is 0 Å². The van der Waals surface area contributed by atoms with E-state index in [1.54, 1.807) is 30.6 Å². The third-order valence-corrected chi connectivity index (χ3v) is 7.56. The number of halogens is 2. The van der Waals surface area contributed by atoms with Crippen LogP contribution in [0, 0.1) is 0 Å². The Morgan fingerprint density at radius 1 is 1.27 bits per heavy atom. The lowest BCUT2D eigenvalue weighted by atomic mass is 10.2. The summed E-state index contributed by atoms with van der Waals surface area (Å²) in [6, 6.07) is 11.1. The summed E-state index contributed by atoms with van der Waals surface area (Å²) < 4.78 is 1.81. The molecule has 1 amide bonds. The Balaban J connectivity index is 1.48. The van der Waals surface area contributed by atoms with Gasteiger partial charge < -0.3 is 5.32 Å². The average Bonchev–Trinajstić information content (AvgIpc) is 3.36. The maximum Gasteiger partial charge on any atom is 0.239 e. The van der Waals surface area contributed by atoms with Gasteiger partial charge in [0.2, 0.25) is 5.91 Å². The fourth-order valence-electron chi connectivity index (χ4n) is 2.49. The van der Waals surface area contributed by atoms with Crippen LogP contribution >= 0.6 is 57.6 Å². The van der Waals surface area contributed by atoms with E-state index >= 15 is 0 Å². The van der Waals surface area contributed by atoms with Crippen molar-refractivity contribution in [1.82, 2.24) is 9.97 Å². The molecule has 0 spiro atoms. The van der Waals surface area contributed by atoms with E-state index in [0.29, 0.717) is 20.7 Å². The molecule has 0 radical (unpaired) electrons. The highest BCUT2D eigenvalue weighted by atomic mass is 35.5. The Bertz CT molecular complexity index is 1200. The number of aromatic nitrogens is 2. The van der Waals surface area contributed by atoms with Gasteiger partial charge in [-0.05, 0) is 37.3 Å². The molecule has 0 unspecified atom stereocenters. The molecule has 0 aliphatic heterocycles. The molecule has 0 aliphatic carbocycles. The summed E-state index contributed by atoms with van der Waals surface area (Å²) in [6.45, 7) is 1.85. The van der Waals surface area contributed by atoms with Crippen LogP contribution in [0.5, 0.6) is 0 Å². The van der Waals surface area contributed by atoms with Gasteiger partial charge in [-0.25, -0.2) is 9.97 Å². The number of thiazole rings is 2. The van der Waals surface area contributed by atoms with Crippen molar-refractivity contribution in [2.45, 2.75) is 16.5 Å². The van der Waals surface area contributed by atoms with Crippen LogP contribution in [0.1, 0.15) is 12.5 Å². The molecule has 0 bridgehead atoms. The molecule has 0 fully saturated rings. The van der Waals surface area contributed by atoms with Gasteiger partial charge in [-0.15, -0.1) is 22.7 Å². The highest BCUT2D eigenvalue weighted by Gasteiger charge is 2.18. The summed E-state index contributed by atoms with van der Waals surface area (Å²) in [4.78, 5) is 25.5. The molecule has 30 heavy (non-hydrogen) atoms. The Morgan fingerprint density at radius 2 is 2.07 bits per heavy atom. The second-order valence-corrected chi connectivity index (χ2v) is 10.4. The molecule has 2 heterocycles. The van der Waals surface area contributed by atoms with Crippen LogP contribution in [0.3, 0.4) is 0 Å². The van der Waals surface area contributed by atoms with Gasteiger partial charge in [0.25, 0.3) is 0 Å². The van der Waals surface area contributed by atoms with Gasteiger partial charge in [0, 0.05) is 23.4 Å². The molecule has 4 rings (SSSR count). The third-order valence-electron chi connectivity index (χ3n) is 4.00. The Labute approximate surface area is 195 Å². The highest BCUT2D eigenvalue weighted by molar-refractivity contribution is 8.02. The van der Waals surface area contributed by atoms with Crippen molar-refractivity contribution < 1.29 is 4.79 Å². The summed E-state index contributed by atoms with van der Waals surface area (Å²) in [5, 5.41) is 6.03. The van der Waals surface area contributed by atoms with Crippen molar-refractivity contribution >= 4 is 90.8 Å². The quantitative estimate of drug-likeness (QED) is 0.234. The standard InChI is InChI=1S/C20H14Cl2N4OS3/c1-11(18(27)26-19-23-7-8-28-19)29-20-25-16-6-5-12(9-17(16)30-20)24-10-13-14(21)3-2-4-15(13)22/h2-11H,1H3,(H,23,26,27)/t11-/m0/s1. The Kier molecular flexibility index (Phi) is 6.70. The number of nitrogens with zero attached hydrogens (tertiary/aromatic N) is 3. The molecular formula is C20H14Cl2N4OS3. The number of fused-ring (bicyclic) bond motifs is 1. The lowest BCUT2D eigenvalue weighted by Crippen LogP contribution is -2.22. The maximum atomic E-state index is 12.3. The van der Waals surface area contributed by atoms with Crippen molar-refractivity contribution in [2.24, 2.45) is 4.99 Å². The Morgan fingerprint density at radius 3 is 2.80 bits per heavy atom. The van der Waals surface area contributed by atoms with Gasteiger partial charge in [0.1, 0.15) is 0 Å². The van der Waals surface area contributed by atoms with Gasteiger partial charge in [0.05, 0.1) is 31.2 Å². The number of anilines is 1. The van der Waals surface area contributed by atoms with E-state index in [-0.39, 0.29) is 11.2 Å². The number of hydrogen-bond donors (Lipinski definition) is 1. The van der Waals surface area contributed by atoms with Crippen LogP contribution in [0.15, 0.2) is 57.3 Å². The van der Waals surface area contributed by atoms with Gasteiger partial charge in [-0.3, -0.25) is 9.79 Å². The summed E-state index contributed by atoms with van der Waals surface area (Å²) in [5.41, 5.74) is 2.32. The summed E-state index contributed by atoms with van der Waals surface area (Å²) in [7, 11) is 0. The van der Waals surface area contributed by atoms with Crippen LogP contribution in [0.2, 0.25) is 10.0 Å². The van der Waals surface area contributed by atoms with Crippen molar-refractivity contribution in [2.75, 3.05) is 5.32 Å². The minimum Gasteiger partial charge on any atom is -0.301 e. The van der Waals surface area contributed by atoms with Crippen LogP contribution in [0.25, 0.3) is 10.2 Å². The first-order valence-corrected chi connectivity index (χ1v) is 12.1. The van der Waals surface area contributed by atoms with Crippen molar-refractivity contribution in [3.8, 4) is 0 Å². The molecule has 1 N–H and O–H groups in total. The zero-order valence-corrected chi connectivity index (χ0v) is 19.5. The monoisotopic (exact) mass is 492 g/mol. The van der Waals surface area contributed by atoms with E-state index in [1.165, 1.54) is 34.4 Å². The zero-order valence-electron chi connectivity index (χ0n) is 15.5. The second kappa shape index (κ2) is 9.45. The number of hydrogen-bond acceptors (Lipinski definition) is 7. The van der Waals surface area contributed by atoms with Crippen LogP contribution in [-0.2, 0) is 4.79 Å². The number of nitrogens with one attached hydrogen (secondary N) is 1. The average molecular weight is 493 g/mol. The lowest BCUT2D eigenvalue weighted by molar-refractivity contribution is -0.115. The smallest absolute Gasteiger partial charge is 0.239 e. The molecule has 5 nitrogen and oxygen atoms in total. The minimum atomic E-state index is -0.297. The molecule has 0 saturated heterocycles. The molecule has 2 aromatic carbocycles. The normalized spacial score (nSPS) is 12.5. The van der Waals surface area contributed by atoms with Crippen LogP contribution in [0.4, 0.5) is 10.8 Å². The minimum absolute atomic E-state index is 0.101. The summed E-state index contributed by atoms with van der Waals surface area (Å²) in [5.74, 6) is -0.101. The second-order valence-electron chi connectivity index (χ2n) is 6.11. The maximum absolute atomic E-state index is 12.3. The van der Waals surface area contributed by atoms with Gasteiger partial charge in [-0.2, -0.15) is 0 Å². The molecule has 152 valence electrons. The van der Waals surface area contributed by atoms with Crippen LogP contribution in [-0.4, -0.2) is 27.3 Å². The number of aliphatic imine (C=N–C) groups is 1. The first-order valence-electron chi connectivity index (χ1n) is 8.75. The Hall–Kier alpha value is -1.97. The van der Waals surface area contributed by atoms with Gasteiger partial charge in [0.15, 0.2) is 9.47 Å². The number of amides is 1. The topological polar surface area (TPSA) is 67.2 Å². The summed E-state index contributed by atoms with van der Waals surface area (Å²) >= 11 is 16.7. The largest absolute Gasteiger partial charge is 0.301 e. The predicted molar refractivity (Wildman–Crippen MR) is 129 cm³/mol. The molecule has 1 atom stereocenters. The number of thioether (sulfide) groups is 1. The fraction of sp³-hybridized carbons (Fsp3) is 0.100. The van der Waals surface area contributed by atoms with Crippen molar-refractivity contribution in [1.29, 1.82) is 0 Å². The predicted octanol–water partition coefficient (Wildman–Crippen LogP) is 6.93. The first-order chi connectivity index (χ1) is 14.5. The SMILES string of the molecule is C[C@H](Sc1nc2ccc(N=Cc3c(Cl)cccc3Cl)cc2s1)C(=O)Nc1nccs1. The first kappa shape index (κ1) is 21.3. The number of carbonyl (C=O) groups is 1. The third kappa shape index (κ3) is 5.01. The lowest BCUT2D eigenvalue weighted by Gasteiger charge is -2.07. The molecule has 10 heteroatoms. The van der Waals surface area contributed by atoms with Crippen molar-refractivity contribution in [3.05, 3.63) is 63.6 Å². The number of carbonyl (C=O) groups excluding carboxylic acids is 1. The van der Waals surface area contributed by atoms with E-state index in [0.717, 1.165) is 20.2 Å². The highest BCUT2D eigenvalue weighted by Crippen LogP contribution is 2.34. The van der Waals surface area contributed by atoms with E-state index in [4.69, 9.17) is 23.2 Å². The van der Waals surface area contributed by atoms with Crippen LogP contribution < -0.4 is 5.32 Å². The fourth-order valence-corrected chi connectivity index (χ4v) is 5.76.